The Morgan fingerprint density at radius 3 is 1.84 bits per heavy atom. The second-order valence-corrected chi connectivity index (χ2v) is 23.9. The van der Waals surface area contributed by atoms with Gasteiger partial charge >= 0.3 is 0 Å². The van der Waals surface area contributed by atoms with Crippen molar-refractivity contribution >= 4 is 16.6 Å². The van der Waals surface area contributed by atoms with Crippen LogP contribution in [0.3, 0.4) is 0 Å². The smallest absolute Gasteiger partial charge is 0.291 e. The van der Waals surface area contributed by atoms with Crippen LogP contribution < -0.4 is 0 Å². The van der Waals surface area contributed by atoms with Gasteiger partial charge in [0.2, 0.25) is 0 Å². The highest BCUT2D eigenvalue weighted by atomic mass is 28.4. The minimum atomic E-state index is -3.40. The number of allylic oxidation sites excluding steroid dienone is 2. The molecule has 1 N–H and O–H groups in total. The molecule has 226 valence electrons. The van der Waals surface area contributed by atoms with E-state index in [-0.39, 0.29) is 41.0 Å². The minimum absolute atomic E-state index is 0.00599. The number of ether oxygens (including phenoxy) is 1. The van der Waals surface area contributed by atoms with E-state index >= 15 is 8.78 Å². The third-order valence-corrected chi connectivity index (χ3v) is 17.7. The average Bonchev–Trinajstić information content (AvgIpc) is 2.73. The molecule has 8 heteroatoms. The van der Waals surface area contributed by atoms with Gasteiger partial charge in [0.05, 0.1) is 18.8 Å². The van der Waals surface area contributed by atoms with Crippen LogP contribution in [-0.4, -0.2) is 59.7 Å². The highest BCUT2D eigenvalue weighted by Gasteiger charge is 2.45. The summed E-state index contributed by atoms with van der Waals surface area (Å²) in [6.07, 6.45) is 2.31. The molecule has 0 radical (unpaired) electrons. The second kappa shape index (κ2) is 14.5. The molecule has 0 aromatic rings. The van der Waals surface area contributed by atoms with E-state index in [2.05, 4.69) is 94.6 Å². The van der Waals surface area contributed by atoms with Crippen LogP contribution in [0.2, 0.25) is 36.3 Å². The average molecular weight is 579 g/mol. The molecular weight excluding hydrogens is 518 g/mol. The number of aliphatic hydroxyl groups is 1. The summed E-state index contributed by atoms with van der Waals surface area (Å²) >= 11 is 0. The lowest BCUT2D eigenvalue weighted by molar-refractivity contribution is -0.102. The van der Waals surface area contributed by atoms with Gasteiger partial charge in [-0.1, -0.05) is 73.1 Å². The monoisotopic (exact) mass is 578 g/mol. The predicted molar refractivity (Wildman–Crippen MR) is 163 cm³/mol. The van der Waals surface area contributed by atoms with E-state index in [0.29, 0.717) is 0 Å². The molecule has 5 atom stereocenters. The first-order valence-corrected chi connectivity index (χ1v) is 19.9. The van der Waals surface area contributed by atoms with E-state index in [0.717, 1.165) is 12.5 Å². The molecule has 0 aromatic carbocycles. The van der Waals surface area contributed by atoms with Gasteiger partial charge in [0.25, 0.3) is 5.92 Å². The van der Waals surface area contributed by atoms with Crippen LogP contribution in [0.4, 0.5) is 8.78 Å². The number of rotatable bonds is 15. The van der Waals surface area contributed by atoms with Gasteiger partial charge in [-0.05, 0) is 68.5 Å². The molecule has 0 heterocycles. The molecule has 0 aliphatic carbocycles. The first-order chi connectivity index (χ1) is 16.9. The first kappa shape index (κ1) is 37.6. The normalized spacial score (nSPS) is 18.3. The van der Waals surface area contributed by atoms with Crippen molar-refractivity contribution in [3.05, 3.63) is 23.8 Å². The molecule has 1 unspecified atom stereocenters. The molecule has 0 aliphatic heterocycles. The van der Waals surface area contributed by atoms with Crippen LogP contribution in [0.25, 0.3) is 0 Å². The van der Waals surface area contributed by atoms with Crippen molar-refractivity contribution in [1.29, 1.82) is 0 Å². The summed E-state index contributed by atoms with van der Waals surface area (Å²) in [4.78, 5) is 0. The lowest BCUT2D eigenvalue weighted by Gasteiger charge is -2.43. The van der Waals surface area contributed by atoms with Crippen LogP contribution in [-0.2, 0) is 13.6 Å². The molecule has 0 saturated heterocycles. The van der Waals surface area contributed by atoms with Crippen LogP contribution in [0.1, 0.15) is 82.1 Å². The molecule has 0 spiro atoms. The molecular formula is C30H60F2O4Si2. The number of hydrogen-bond acceptors (Lipinski definition) is 4. The largest absolute Gasteiger partial charge is 0.413 e. The fraction of sp³-hybridized carbons (Fsp3) is 0.867. The van der Waals surface area contributed by atoms with Crippen molar-refractivity contribution in [3.63, 3.8) is 0 Å². The SMILES string of the molecule is CO[C@@H]([C@@H](C)[C@@H](CC(O)C(F)(F)/C=C\CO[Si](C)(C)C(C)(C)C)O[Si](C)(C)C(C)(C)C)[C@@H](C)CC=C(C)C. The van der Waals surface area contributed by atoms with Crippen LogP contribution in [0.5, 0.6) is 0 Å². The molecule has 4 nitrogen and oxygen atoms in total. The van der Waals surface area contributed by atoms with E-state index in [1.54, 1.807) is 7.11 Å². The van der Waals surface area contributed by atoms with Crippen molar-refractivity contribution < 1.29 is 27.5 Å². The third kappa shape index (κ3) is 11.6. The Labute approximate surface area is 235 Å². The Bertz CT molecular complexity index is 763. The van der Waals surface area contributed by atoms with Crippen molar-refractivity contribution in [2.75, 3.05) is 13.7 Å². The molecule has 0 bridgehead atoms. The predicted octanol–water partition coefficient (Wildman–Crippen LogP) is 8.98. The maximum Gasteiger partial charge on any atom is 0.291 e. The van der Waals surface area contributed by atoms with Crippen molar-refractivity contribution in [2.45, 2.75) is 143 Å². The van der Waals surface area contributed by atoms with Crippen molar-refractivity contribution in [1.82, 2.24) is 0 Å². The van der Waals surface area contributed by atoms with Crippen LogP contribution in [0, 0.1) is 11.8 Å². The number of methoxy groups -OCH3 is 1. The summed E-state index contributed by atoms with van der Waals surface area (Å²) in [7, 11) is -2.70. The highest BCUT2D eigenvalue weighted by Crippen LogP contribution is 2.41. The quantitative estimate of drug-likeness (QED) is 0.156. The Morgan fingerprint density at radius 2 is 1.42 bits per heavy atom. The van der Waals surface area contributed by atoms with Crippen molar-refractivity contribution in [2.24, 2.45) is 11.8 Å². The van der Waals surface area contributed by atoms with Gasteiger partial charge in [-0.3, -0.25) is 0 Å². The summed E-state index contributed by atoms with van der Waals surface area (Å²) in [5.41, 5.74) is 1.23. The Balaban J connectivity index is 5.87. The topological polar surface area (TPSA) is 47.9 Å². The van der Waals surface area contributed by atoms with Gasteiger partial charge < -0.3 is 18.7 Å². The Morgan fingerprint density at radius 1 is 0.921 bits per heavy atom. The molecule has 0 amide bonds. The summed E-state index contributed by atoms with van der Waals surface area (Å²) in [6, 6.07) is 0. The van der Waals surface area contributed by atoms with Gasteiger partial charge in [-0.25, -0.2) is 0 Å². The molecule has 0 aliphatic rings. The third-order valence-electron chi connectivity index (χ3n) is 8.67. The summed E-state index contributed by atoms with van der Waals surface area (Å²) in [6.45, 7) is 29.5. The van der Waals surface area contributed by atoms with Crippen LogP contribution >= 0.6 is 0 Å². The number of aliphatic hydroxyl groups excluding tert-OH is 1. The number of hydrogen-bond donors (Lipinski definition) is 1. The fourth-order valence-corrected chi connectivity index (χ4v) is 6.19. The first-order valence-electron chi connectivity index (χ1n) is 14.1. The second-order valence-electron chi connectivity index (χ2n) is 14.4. The molecule has 0 fully saturated rings. The van der Waals surface area contributed by atoms with Crippen molar-refractivity contribution in [3.8, 4) is 0 Å². The van der Waals surface area contributed by atoms with Gasteiger partial charge in [0.15, 0.2) is 16.6 Å². The van der Waals surface area contributed by atoms with Gasteiger partial charge in [-0.2, -0.15) is 8.78 Å². The summed E-state index contributed by atoms with van der Waals surface area (Å²) in [5.74, 6) is -3.42. The van der Waals surface area contributed by atoms with Crippen LogP contribution in [0.15, 0.2) is 23.8 Å². The number of alkyl halides is 2. The summed E-state index contributed by atoms with van der Waals surface area (Å²) < 4.78 is 48.9. The fourth-order valence-electron chi connectivity index (χ4n) is 3.82. The van der Waals surface area contributed by atoms with E-state index in [1.807, 2.05) is 6.92 Å². The van der Waals surface area contributed by atoms with E-state index < -0.39 is 34.8 Å². The van der Waals surface area contributed by atoms with Gasteiger partial charge in [-0.15, -0.1) is 0 Å². The minimum Gasteiger partial charge on any atom is -0.413 e. The van der Waals surface area contributed by atoms with E-state index in [1.165, 1.54) is 11.6 Å². The standard InChI is InChI=1S/C30H60F2O4Si2/c1-22(2)17-18-23(3)27(34-11)24(4)25(36-38(14,15)29(8,9)10)21-26(33)30(31,32)19-16-20-35-37(12,13)28(5,6)7/h16-17,19,23-27,33H,18,20-21H2,1-15H3/b19-16-/t23-,24-,25+,26?,27+/m0/s1. The lowest BCUT2D eigenvalue weighted by Crippen LogP contribution is -2.50. The molecule has 0 saturated carbocycles. The van der Waals surface area contributed by atoms with Gasteiger partial charge in [0, 0.05) is 19.4 Å². The zero-order valence-corrected chi connectivity index (χ0v) is 29.2. The molecule has 0 rings (SSSR count). The number of halogens is 2. The van der Waals surface area contributed by atoms with E-state index in [9.17, 15) is 5.11 Å². The zero-order chi connectivity index (χ0) is 30.3. The summed E-state index contributed by atoms with van der Waals surface area (Å²) in [5, 5.41) is 10.7. The molecule has 0 aromatic heterocycles. The Hall–Kier alpha value is -0.386. The Kier molecular flexibility index (Phi) is 14.3. The van der Waals surface area contributed by atoms with E-state index in [4.69, 9.17) is 13.6 Å². The zero-order valence-electron chi connectivity index (χ0n) is 27.2. The maximum atomic E-state index is 15.1. The molecule has 38 heavy (non-hydrogen) atoms. The lowest BCUT2D eigenvalue weighted by atomic mass is 9.84. The highest BCUT2D eigenvalue weighted by molar-refractivity contribution is 6.74. The van der Waals surface area contributed by atoms with Gasteiger partial charge in [0.1, 0.15) is 6.10 Å². The maximum absolute atomic E-state index is 15.1.